The zero-order chi connectivity index (χ0) is 17.3. The van der Waals surface area contributed by atoms with E-state index in [1.165, 1.54) is 4.31 Å². The maximum atomic E-state index is 12.8. The predicted molar refractivity (Wildman–Crippen MR) is 92.9 cm³/mol. The average molecular weight is 350 g/mol. The zero-order valence-corrected chi connectivity index (χ0v) is 15.2. The summed E-state index contributed by atoms with van der Waals surface area (Å²) in [7, 11) is -3.44. The molecule has 1 aromatic carbocycles. The maximum absolute atomic E-state index is 12.8. The summed E-state index contributed by atoms with van der Waals surface area (Å²) in [6.07, 6.45) is 3.43. The highest BCUT2D eigenvalue weighted by molar-refractivity contribution is 7.89. The van der Waals surface area contributed by atoms with Crippen molar-refractivity contribution in [2.45, 2.75) is 56.5 Å². The van der Waals surface area contributed by atoms with E-state index in [2.05, 4.69) is 13.8 Å². The molecule has 0 spiro atoms. The number of nitrogens with zero attached hydrogens (tertiary/aromatic N) is 2. The molecule has 1 aliphatic heterocycles. The molecule has 2 fully saturated rings. The predicted octanol–water partition coefficient (Wildman–Crippen LogP) is 2.49. The molecule has 0 bridgehead atoms. The van der Waals surface area contributed by atoms with Crippen LogP contribution in [-0.4, -0.2) is 48.7 Å². The molecule has 1 aromatic rings. The van der Waals surface area contributed by atoms with Crippen LogP contribution in [0.5, 0.6) is 0 Å². The summed E-state index contributed by atoms with van der Waals surface area (Å²) in [5.74, 6) is 0.166. The fourth-order valence-corrected chi connectivity index (χ4v) is 4.99. The van der Waals surface area contributed by atoms with Crippen LogP contribution in [0.2, 0.25) is 0 Å². The molecular formula is C18H26N2O3S. The second kappa shape index (κ2) is 6.84. The smallest absolute Gasteiger partial charge is 0.243 e. The molecule has 24 heavy (non-hydrogen) atoms. The first-order valence-electron chi connectivity index (χ1n) is 8.78. The van der Waals surface area contributed by atoms with Gasteiger partial charge >= 0.3 is 0 Å². The standard InChI is InChI=1S/C18H26N2O3S/c1-14(2)20(16-8-9-16)18(21)15-10-12-19(13-11-15)24(22,23)17-6-4-3-5-7-17/h3-7,14-16H,8-13H2,1-2H3. The van der Waals surface area contributed by atoms with Crippen molar-refractivity contribution in [2.24, 2.45) is 5.92 Å². The third-order valence-electron chi connectivity index (χ3n) is 4.94. The van der Waals surface area contributed by atoms with Gasteiger partial charge in [-0.2, -0.15) is 4.31 Å². The van der Waals surface area contributed by atoms with Crippen molar-refractivity contribution >= 4 is 15.9 Å². The number of carbonyl (C=O) groups excluding carboxylic acids is 1. The van der Waals surface area contributed by atoms with Gasteiger partial charge in [0.15, 0.2) is 0 Å². The third-order valence-corrected chi connectivity index (χ3v) is 6.85. The number of piperidine rings is 1. The normalized spacial score (nSPS) is 20.3. The minimum absolute atomic E-state index is 0.0461. The van der Waals surface area contributed by atoms with Crippen molar-refractivity contribution in [3.63, 3.8) is 0 Å². The minimum atomic E-state index is -3.44. The molecule has 1 heterocycles. The van der Waals surface area contributed by atoms with E-state index >= 15 is 0 Å². The van der Waals surface area contributed by atoms with Crippen LogP contribution in [0, 0.1) is 5.92 Å². The molecule has 2 aliphatic rings. The van der Waals surface area contributed by atoms with Gasteiger partial charge in [-0.3, -0.25) is 4.79 Å². The lowest BCUT2D eigenvalue weighted by Gasteiger charge is -2.35. The Hall–Kier alpha value is -1.40. The van der Waals surface area contributed by atoms with Crippen molar-refractivity contribution in [1.29, 1.82) is 0 Å². The Morgan fingerprint density at radius 2 is 1.67 bits per heavy atom. The monoisotopic (exact) mass is 350 g/mol. The van der Waals surface area contributed by atoms with Crippen LogP contribution in [0.3, 0.4) is 0 Å². The lowest BCUT2D eigenvalue weighted by Crippen LogP contribution is -2.47. The quantitative estimate of drug-likeness (QED) is 0.820. The van der Waals surface area contributed by atoms with Crippen LogP contribution in [0.25, 0.3) is 0 Å². The van der Waals surface area contributed by atoms with E-state index in [4.69, 9.17) is 0 Å². The topological polar surface area (TPSA) is 57.7 Å². The second-order valence-corrected chi connectivity index (χ2v) is 9.00. The average Bonchev–Trinajstić information content (AvgIpc) is 3.40. The van der Waals surface area contributed by atoms with Crippen LogP contribution in [0.4, 0.5) is 0 Å². The molecule has 0 aromatic heterocycles. The van der Waals surface area contributed by atoms with Gasteiger partial charge in [0.2, 0.25) is 15.9 Å². The van der Waals surface area contributed by atoms with Gasteiger partial charge in [0.1, 0.15) is 0 Å². The highest BCUT2D eigenvalue weighted by Gasteiger charge is 2.39. The number of hydrogen-bond acceptors (Lipinski definition) is 3. The Bertz CT molecular complexity index is 673. The van der Waals surface area contributed by atoms with Crippen LogP contribution in [0.15, 0.2) is 35.2 Å². The Morgan fingerprint density at radius 1 is 1.08 bits per heavy atom. The first kappa shape index (κ1) is 17.4. The van der Waals surface area contributed by atoms with Gasteiger partial charge in [-0.25, -0.2) is 8.42 Å². The summed E-state index contributed by atoms with van der Waals surface area (Å²) >= 11 is 0. The van der Waals surface area contributed by atoms with Crippen molar-refractivity contribution < 1.29 is 13.2 Å². The van der Waals surface area contributed by atoms with Gasteiger partial charge in [0, 0.05) is 31.1 Å². The van der Waals surface area contributed by atoms with E-state index in [-0.39, 0.29) is 17.9 Å². The van der Waals surface area contributed by atoms with Crippen molar-refractivity contribution in [2.75, 3.05) is 13.1 Å². The molecule has 6 heteroatoms. The molecule has 1 amide bonds. The molecule has 0 N–H and O–H groups in total. The molecule has 0 radical (unpaired) electrons. The molecule has 1 saturated heterocycles. The summed E-state index contributed by atoms with van der Waals surface area (Å²) in [5.41, 5.74) is 0. The highest BCUT2D eigenvalue weighted by Crippen LogP contribution is 2.32. The van der Waals surface area contributed by atoms with Crippen molar-refractivity contribution in [3.05, 3.63) is 30.3 Å². The van der Waals surface area contributed by atoms with Gasteiger partial charge in [0.25, 0.3) is 0 Å². The number of sulfonamides is 1. The van der Waals surface area contributed by atoms with Crippen LogP contribution >= 0.6 is 0 Å². The fraction of sp³-hybridized carbons (Fsp3) is 0.611. The zero-order valence-electron chi connectivity index (χ0n) is 14.4. The van der Waals surface area contributed by atoms with E-state index in [0.29, 0.717) is 36.9 Å². The van der Waals surface area contributed by atoms with E-state index in [1.54, 1.807) is 24.3 Å². The summed E-state index contributed by atoms with van der Waals surface area (Å²) in [6.45, 7) is 4.96. The van der Waals surface area contributed by atoms with Gasteiger partial charge < -0.3 is 4.90 Å². The number of hydrogen-bond donors (Lipinski definition) is 0. The van der Waals surface area contributed by atoms with Crippen LogP contribution in [-0.2, 0) is 14.8 Å². The molecule has 1 aliphatic carbocycles. The van der Waals surface area contributed by atoms with Crippen LogP contribution in [0.1, 0.15) is 39.5 Å². The highest BCUT2D eigenvalue weighted by atomic mass is 32.2. The molecule has 5 nitrogen and oxygen atoms in total. The lowest BCUT2D eigenvalue weighted by atomic mass is 9.96. The summed E-state index contributed by atoms with van der Waals surface area (Å²) in [4.78, 5) is 15.2. The van der Waals surface area contributed by atoms with Crippen LogP contribution < -0.4 is 0 Å². The summed E-state index contributed by atoms with van der Waals surface area (Å²) < 4.78 is 26.8. The van der Waals surface area contributed by atoms with Gasteiger partial charge in [-0.05, 0) is 51.7 Å². The number of carbonyl (C=O) groups is 1. The SMILES string of the molecule is CC(C)N(C(=O)C1CCN(S(=O)(=O)c2ccccc2)CC1)C1CC1. The Balaban J connectivity index is 1.64. The fourth-order valence-electron chi connectivity index (χ4n) is 3.50. The lowest BCUT2D eigenvalue weighted by molar-refractivity contribution is -0.139. The minimum Gasteiger partial charge on any atom is -0.337 e. The Kier molecular flexibility index (Phi) is 4.97. The Labute approximate surface area is 144 Å². The van der Waals surface area contributed by atoms with E-state index in [9.17, 15) is 13.2 Å². The molecule has 132 valence electrons. The van der Waals surface area contributed by atoms with Gasteiger partial charge in [0.05, 0.1) is 4.90 Å². The molecule has 0 atom stereocenters. The second-order valence-electron chi connectivity index (χ2n) is 7.06. The van der Waals surface area contributed by atoms with E-state index in [1.807, 2.05) is 11.0 Å². The Morgan fingerprint density at radius 3 is 2.17 bits per heavy atom. The number of benzene rings is 1. The molecule has 1 saturated carbocycles. The van der Waals surface area contributed by atoms with Gasteiger partial charge in [-0.15, -0.1) is 0 Å². The van der Waals surface area contributed by atoms with Crippen molar-refractivity contribution in [3.8, 4) is 0 Å². The largest absolute Gasteiger partial charge is 0.337 e. The first-order chi connectivity index (χ1) is 11.4. The van der Waals surface area contributed by atoms with E-state index < -0.39 is 10.0 Å². The molecule has 3 rings (SSSR count). The number of amides is 1. The third kappa shape index (κ3) is 3.49. The first-order valence-corrected chi connectivity index (χ1v) is 10.2. The summed E-state index contributed by atoms with van der Waals surface area (Å²) in [5, 5.41) is 0. The maximum Gasteiger partial charge on any atom is 0.243 e. The van der Waals surface area contributed by atoms with E-state index in [0.717, 1.165) is 12.8 Å². The summed E-state index contributed by atoms with van der Waals surface area (Å²) in [6, 6.07) is 9.15. The molecular weight excluding hydrogens is 324 g/mol. The molecule has 0 unspecified atom stereocenters. The van der Waals surface area contributed by atoms with Crippen molar-refractivity contribution in [1.82, 2.24) is 9.21 Å². The van der Waals surface area contributed by atoms with Gasteiger partial charge in [-0.1, -0.05) is 18.2 Å². The number of rotatable bonds is 5.